The van der Waals surface area contributed by atoms with Gasteiger partial charge in [0.1, 0.15) is 0 Å². The Balaban J connectivity index is 1.45. The number of aromatic nitrogens is 2. The number of fused-ring (bicyclic) bond motifs is 1. The van der Waals surface area contributed by atoms with E-state index in [0.29, 0.717) is 25.5 Å². The van der Waals surface area contributed by atoms with Crippen LogP contribution in [0.15, 0.2) is 0 Å². The lowest BCUT2D eigenvalue weighted by molar-refractivity contribution is -0.134. The molecule has 3 heterocycles. The first-order valence-corrected chi connectivity index (χ1v) is 10.1. The maximum atomic E-state index is 12.5. The maximum absolute atomic E-state index is 12.5. The number of morpholine rings is 1. The zero-order valence-electron chi connectivity index (χ0n) is 17.7. The fourth-order valence-electron chi connectivity index (χ4n) is 4.27. The van der Waals surface area contributed by atoms with E-state index in [1.807, 2.05) is 25.6 Å². The molecule has 3 rings (SSSR count). The Morgan fingerprint density at radius 1 is 1.29 bits per heavy atom. The van der Waals surface area contributed by atoms with Crippen molar-refractivity contribution in [1.82, 2.24) is 24.9 Å². The van der Waals surface area contributed by atoms with E-state index in [2.05, 4.69) is 15.3 Å². The molecule has 0 bridgehead atoms. The monoisotopic (exact) mass is 391 g/mol. The van der Waals surface area contributed by atoms with Gasteiger partial charge in [0.2, 0.25) is 11.8 Å². The van der Waals surface area contributed by atoms with E-state index in [0.717, 1.165) is 37.3 Å². The normalized spacial score (nSPS) is 24.8. The molecule has 0 aromatic carbocycles. The topological polar surface area (TPSA) is 79.7 Å². The molecule has 2 fully saturated rings. The number of rotatable bonds is 6. The van der Waals surface area contributed by atoms with Gasteiger partial charge in [-0.15, -0.1) is 0 Å². The number of aryl methyl sites for hydroxylation is 2. The molecule has 3 atom stereocenters. The van der Waals surface area contributed by atoms with Crippen molar-refractivity contribution in [3.63, 3.8) is 0 Å². The average molecular weight is 392 g/mol. The second-order valence-corrected chi connectivity index (χ2v) is 8.33. The van der Waals surface area contributed by atoms with Crippen molar-refractivity contribution in [3.05, 3.63) is 17.0 Å². The number of nitrogens with zero attached hydrogens (tertiary/aromatic N) is 4. The fourth-order valence-corrected chi connectivity index (χ4v) is 4.27. The summed E-state index contributed by atoms with van der Waals surface area (Å²) in [7, 11) is 5.47. The lowest BCUT2D eigenvalue weighted by Crippen LogP contribution is -2.47. The van der Waals surface area contributed by atoms with E-state index in [4.69, 9.17) is 4.74 Å². The van der Waals surface area contributed by atoms with Crippen LogP contribution in [0.5, 0.6) is 0 Å². The molecule has 1 aromatic heterocycles. The molecule has 2 saturated heterocycles. The molecule has 2 amide bonds. The zero-order chi connectivity index (χ0) is 20.4. The molecule has 0 radical (unpaired) electrons. The Hall–Kier alpha value is -1.93. The summed E-state index contributed by atoms with van der Waals surface area (Å²) < 4.78 is 7.76. The number of amides is 2. The van der Waals surface area contributed by atoms with Crippen LogP contribution in [0.3, 0.4) is 0 Å². The van der Waals surface area contributed by atoms with E-state index >= 15 is 0 Å². The van der Waals surface area contributed by atoms with Crippen molar-refractivity contribution < 1.29 is 14.3 Å². The molecule has 0 spiro atoms. The lowest BCUT2D eigenvalue weighted by atomic mass is 10.1. The van der Waals surface area contributed by atoms with Crippen LogP contribution in [0.2, 0.25) is 0 Å². The first kappa shape index (κ1) is 20.8. The van der Waals surface area contributed by atoms with Crippen LogP contribution in [0, 0.1) is 13.8 Å². The second kappa shape index (κ2) is 8.61. The van der Waals surface area contributed by atoms with Crippen LogP contribution in [-0.2, 0) is 27.8 Å². The highest BCUT2D eigenvalue weighted by molar-refractivity contribution is 5.77. The molecule has 2 aliphatic heterocycles. The minimum atomic E-state index is -0.0582. The quantitative estimate of drug-likeness (QED) is 0.760. The summed E-state index contributed by atoms with van der Waals surface area (Å²) in [5.41, 5.74) is 3.29. The Kier molecular flexibility index (Phi) is 6.40. The van der Waals surface area contributed by atoms with Crippen LogP contribution < -0.4 is 5.32 Å². The average Bonchev–Trinajstić information content (AvgIpc) is 3.12. The van der Waals surface area contributed by atoms with Crippen molar-refractivity contribution in [1.29, 1.82) is 0 Å². The van der Waals surface area contributed by atoms with Gasteiger partial charge in [-0.2, -0.15) is 5.10 Å². The van der Waals surface area contributed by atoms with Gasteiger partial charge < -0.3 is 15.0 Å². The van der Waals surface area contributed by atoms with Gasteiger partial charge in [-0.25, -0.2) is 0 Å². The predicted molar refractivity (Wildman–Crippen MR) is 106 cm³/mol. The molecular formula is C20H33N5O3. The number of hydrogen-bond acceptors (Lipinski definition) is 5. The van der Waals surface area contributed by atoms with Gasteiger partial charge in [0, 0.05) is 58.4 Å². The van der Waals surface area contributed by atoms with Gasteiger partial charge in [-0.3, -0.25) is 19.2 Å². The van der Waals surface area contributed by atoms with Crippen molar-refractivity contribution >= 4 is 11.8 Å². The summed E-state index contributed by atoms with van der Waals surface area (Å²) in [5.74, 6) is 0.182. The minimum absolute atomic E-state index is 0.0582. The summed E-state index contributed by atoms with van der Waals surface area (Å²) in [6, 6.07) is 0.485. The van der Waals surface area contributed by atoms with Gasteiger partial charge in [0.25, 0.3) is 0 Å². The van der Waals surface area contributed by atoms with Crippen LogP contribution >= 0.6 is 0 Å². The summed E-state index contributed by atoms with van der Waals surface area (Å²) >= 11 is 0. The highest BCUT2D eigenvalue weighted by Crippen LogP contribution is 2.25. The second-order valence-electron chi connectivity index (χ2n) is 8.33. The Morgan fingerprint density at radius 3 is 2.68 bits per heavy atom. The third-order valence-corrected chi connectivity index (χ3v) is 6.02. The predicted octanol–water partition coefficient (Wildman–Crippen LogP) is 0.406. The standard InChI is InChI=1S/C20H33N5O3/c1-13-18(14(2)24(5)22-13)6-7-19(26)21-15-8-16-12-28-17(11-25(16)10-15)9-20(27)23(3)4/h15-17H,6-12H2,1-5H3,(H,21,26)/t15-,16+,17+/m1/s1. The van der Waals surface area contributed by atoms with Crippen molar-refractivity contribution in [3.8, 4) is 0 Å². The molecule has 0 aliphatic carbocycles. The molecule has 0 unspecified atom stereocenters. The van der Waals surface area contributed by atoms with Crippen LogP contribution in [-0.4, -0.2) is 83.4 Å². The van der Waals surface area contributed by atoms with Crippen LogP contribution in [0.1, 0.15) is 36.2 Å². The summed E-state index contributed by atoms with van der Waals surface area (Å²) in [6.07, 6.45) is 2.46. The molecule has 156 valence electrons. The molecule has 2 aliphatic rings. The zero-order valence-corrected chi connectivity index (χ0v) is 17.7. The molecule has 28 heavy (non-hydrogen) atoms. The van der Waals surface area contributed by atoms with E-state index in [9.17, 15) is 9.59 Å². The number of carbonyl (C=O) groups is 2. The van der Waals surface area contributed by atoms with E-state index < -0.39 is 0 Å². The molecule has 1 N–H and O–H groups in total. The van der Waals surface area contributed by atoms with Gasteiger partial charge in [-0.1, -0.05) is 0 Å². The third kappa shape index (κ3) is 4.72. The fraction of sp³-hybridized carbons (Fsp3) is 0.750. The maximum Gasteiger partial charge on any atom is 0.224 e. The van der Waals surface area contributed by atoms with Crippen LogP contribution in [0.25, 0.3) is 0 Å². The Morgan fingerprint density at radius 2 is 2.04 bits per heavy atom. The molecule has 8 heteroatoms. The largest absolute Gasteiger partial charge is 0.375 e. The lowest BCUT2D eigenvalue weighted by Gasteiger charge is -2.35. The third-order valence-electron chi connectivity index (χ3n) is 6.02. The highest BCUT2D eigenvalue weighted by Gasteiger charge is 2.38. The van der Waals surface area contributed by atoms with Gasteiger partial charge >= 0.3 is 0 Å². The van der Waals surface area contributed by atoms with Gasteiger partial charge in [0.15, 0.2) is 0 Å². The number of hydrogen-bond donors (Lipinski definition) is 1. The molecular weight excluding hydrogens is 358 g/mol. The van der Waals surface area contributed by atoms with Crippen LogP contribution in [0.4, 0.5) is 0 Å². The van der Waals surface area contributed by atoms with E-state index in [-0.39, 0.29) is 24.0 Å². The number of ether oxygens (including phenoxy) is 1. The van der Waals surface area contributed by atoms with E-state index in [1.54, 1.807) is 19.0 Å². The van der Waals surface area contributed by atoms with Gasteiger partial charge in [-0.05, 0) is 32.3 Å². The first-order valence-electron chi connectivity index (χ1n) is 10.1. The summed E-state index contributed by atoms with van der Waals surface area (Å²) in [4.78, 5) is 28.3. The Bertz CT molecular complexity index is 730. The minimum Gasteiger partial charge on any atom is -0.375 e. The Labute approximate surface area is 167 Å². The van der Waals surface area contributed by atoms with E-state index in [1.165, 1.54) is 5.56 Å². The summed E-state index contributed by atoms with van der Waals surface area (Å²) in [5, 5.41) is 7.60. The smallest absolute Gasteiger partial charge is 0.224 e. The van der Waals surface area contributed by atoms with Crippen molar-refractivity contribution in [2.24, 2.45) is 7.05 Å². The highest BCUT2D eigenvalue weighted by atomic mass is 16.5. The summed E-state index contributed by atoms with van der Waals surface area (Å²) in [6.45, 7) is 6.25. The molecule has 0 saturated carbocycles. The van der Waals surface area contributed by atoms with Crippen molar-refractivity contribution in [2.45, 2.75) is 57.7 Å². The SMILES string of the molecule is Cc1nn(C)c(C)c1CCC(=O)N[C@@H]1C[C@H]2CO[C@@H](CC(=O)N(C)C)CN2C1. The number of nitrogens with one attached hydrogen (secondary N) is 1. The van der Waals surface area contributed by atoms with Gasteiger partial charge in [0.05, 0.1) is 24.8 Å². The van der Waals surface area contributed by atoms with Crippen molar-refractivity contribution in [2.75, 3.05) is 33.8 Å². The molecule has 1 aromatic rings. The first-order chi connectivity index (χ1) is 13.2. The molecule has 8 nitrogen and oxygen atoms in total. The number of carbonyl (C=O) groups excluding carboxylic acids is 2.